The van der Waals surface area contributed by atoms with Crippen molar-refractivity contribution in [3.63, 3.8) is 0 Å². The second-order valence-corrected chi connectivity index (χ2v) is 8.11. The third-order valence-electron chi connectivity index (χ3n) is 5.04. The Morgan fingerprint density at radius 2 is 1.84 bits per heavy atom. The molecule has 0 spiro atoms. The van der Waals surface area contributed by atoms with E-state index in [2.05, 4.69) is 5.32 Å². The van der Waals surface area contributed by atoms with Crippen LogP contribution in [0, 0.1) is 0 Å². The molecule has 0 aliphatic rings. The lowest BCUT2D eigenvalue weighted by Gasteiger charge is -2.20. The maximum absolute atomic E-state index is 12.5. The lowest BCUT2D eigenvalue weighted by Crippen LogP contribution is -2.33. The summed E-state index contributed by atoms with van der Waals surface area (Å²) in [7, 11) is 0. The first-order valence-corrected chi connectivity index (χ1v) is 10.9. The Morgan fingerprint density at radius 1 is 1.13 bits per heavy atom. The van der Waals surface area contributed by atoms with E-state index in [0.29, 0.717) is 30.3 Å². The molecule has 2 aromatic carbocycles. The molecule has 0 aliphatic heterocycles. The lowest BCUT2D eigenvalue weighted by molar-refractivity contribution is -0.115. The van der Waals surface area contributed by atoms with Crippen molar-refractivity contribution in [3.8, 4) is 5.75 Å². The predicted molar refractivity (Wildman–Crippen MR) is 125 cm³/mol. The molecule has 6 nitrogen and oxygen atoms in total. The van der Waals surface area contributed by atoms with E-state index in [1.54, 1.807) is 17.9 Å². The molecule has 3 rings (SSSR count). The fraction of sp³-hybridized carbons (Fsp3) is 0.304. The molecule has 0 saturated heterocycles. The summed E-state index contributed by atoms with van der Waals surface area (Å²) in [4.78, 5) is 26.4. The molecular weight excluding hydrogens is 437 g/mol. The molecule has 3 aromatic rings. The van der Waals surface area contributed by atoms with Gasteiger partial charge in [0.1, 0.15) is 5.38 Å². The smallest absolute Gasteiger partial charge is 0.408 e. The number of rotatable bonds is 7. The van der Waals surface area contributed by atoms with Crippen molar-refractivity contribution in [1.29, 1.82) is 0 Å². The van der Waals surface area contributed by atoms with Gasteiger partial charge in [-0.2, -0.15) is 0 Å². The summed E-state index contributed by atoms with van der Waals surface area (Å²) in [5.41, 5.74) is 2.24. The number of nitrogens with one attached hydrogen (secondary N) is 1. The topological polar surface area (TPSA) is 63.6 Å². The van der Waals surface area contributed by atoms with Crippen LogP contribution >= 0.6 is 23.2 Å². The molecule has 1 unspecified atom stereocenters. The number of fused-ring (bicyclic) bond motifs is 1. The highest BCUT2D eigenvalue weighted by Gasteiger charge is 2.21. The zero-order valence-corrected chi connectivity index (χ0v) is 19.2. The second-order valence-electron chi connectivity index (χ2n) is 7.05. The maximum Gasteiger partial charge on any atom is 0.415 e. The fourth-order valence-electron chi connectivity index (χ4n) is 3.28. The number of amides is 2. The van der Waals surface area contributed by atoms with E-state index in [1.807, 2.05) is 61.0 Å². The third-order valence-corrected chi connectivity index (χ3v) is 5.61. The van der Waals surface area contributed by atoms with Crippen molar-refractivity contribution in [3.05, 3.63) is 59.2 Å². The van der Waals surface area contributed by atoms with Crippen molar-refractivity contribution in [1.82, 2.24) is 9.47 Å². The van der Waals surface area contributed by atoms with Gasteiger partial charge in [-0.15, -0.1) is 11.6 Å². The van der Waals surface area contributed by atoms with Crippen LogP contribution in [0.15, 0.2) is 48.7 Å². The molecule has 2 amide bonds. The average molecular weight is 462 g/mol. The minimum atomic E-state index is -0.744. The molecule has 0 aliphatic carbocycles. The van der Waals surface area contributed by atoms with Crippen LogP contribution in [0.1, 0.15) is 26.3 Å². The van der Waals surface area contributed by atoms with Crippen LogP contribution in [0.3, 0.4) is 0 Å². The zero-order valence-electron chi connectivity index (χ0n) is 17.7. The number of anilines is 1. The fourth-order valence-corrected chi connectivity index (χ4v) is 3.53. The first-order valence-electron chi connectivity index (χ1n) is 10.1. The Hall–Kier alpha value is -2.70. The third kappa shape index (κ3) is 5.14. The first-order chi connectivity index (χ1) is 14.8. The Morgan fingerprint density at radius 3 is 2.48 bits per heavy atom. The lowest BCUT2D eigenvalue weighted by atomic mass is 10.2. The van der Waals surface area contributed by atoms with Gasteiger partial charge in [0, 0.05) is 36.2 Å². The summed E-state index contributed by atoms with van der Waals surface area (Å²) < 4.78 is 7.64. The predicted octanol–water partition coefficient (Wildman–Crippen LogP) is 5.75. The summed E-state index contributed by atoms with van der Waals surface area (Å²) in [6.07, 6.45) is 1.43. The molecule has 0 radical (unpaired) electrons. The molecule has 1 atom stereocenters. The van der Waals surface area contributed by atoms with E-state index in [9.17, 15) is 9.59 Å². The first kappa shape index (κ1) is 23.0. The summed E-state index contributed by atoms with van der Waals surface area (Å²) in [5, 5.41) is 3.49. The number of hydrogen-bond acceptors (Lipinski definition) is 3. The molecule has 8 heteroatoms. The molecule has 1 aromatic heterocycles. The van der Waals surface area contributed by atoms with E-state index in [4.69, 9.17) is 27.9 Å². The van der Waals surface area contributed by atoms with Crippen LogP contribution < -0.4 is 10.1 Å². The number of aromatic nitrogens is 1. The van der Waals surface area contributed by atoms with E-state index < -0.39 is 11.5 Å². The molecule has 0 fully saturated rings. The normalized spacial score (nSPS) is 11.9. The van der Waals surface area contributed by atoms with E-state index in [1.165, 1.54) is 0 Å². The van der Waals surface area contributed by atoms with Gasteiger partial charge in [-0.05, 0) is 50.6 Å². The SMILES string of the molecule is CCN(CC)C(=O)Oc1ccc2c(ccn2Cc2ccccc2Cl)c1NC(=O)C(C)Cl. The van der Waals surface area contributed by atoms with Gasteiger partial charge in [0.2, 0.25) is 5.91 Å². The Labute approximate surface area is 191 Å². The average Bonchev–Trinajstić information content (AvgIpc) is 3.15. The van der Waals surface area contributed by atoms with Gasteiger partial charge in [0.25, 0.3) is 0 Å². The van der Waals surface area contributed by atoms with Gasteiger partial charge in [-0.3, -0.25) is 4.79 Å². The standard InChI is InChI=1S/C23H25Cl2N3O3/c1-4-27(5-2)23(30)31-20-11-10-19-17(21(20)26-22(29)15(3)24)12-13-28(19)14-16-8-6-7-9-18(16)25/h6-13,15H,4-5,14H2,1-3H3,(H,26,29). The van der Waals surface area contributed by atoms with Crippen molar-refractivity contribution >= 4 is 51.8 Å². The maximum atomic E-state index is 12.5. The van der Waals surface area contributed by atoms with Gasteiger partial charge in [0.05, 0.1) is 11.2 Å². The monoisotopic (exact) mass is 461 g/mol. The summed E-state index contributed by atoms with van der Waals surface area (Å²) in [5.74, 6) is -0.112. The highest BCUT2D eigenvalue weighted by atomic mass is 35.5. The summed E-state index contributed by atoms with van der Waals surface area (Å²) in [6, 6.07) is 13.0. The summed E-state index contributed by atoms with van der Waals surface area (Å²) in [6.45, 7) is 6.93. The molecule has 1 N–H and O–H groups in total. The molecule has 31 heavy (non-hydrogen) atoms. The van der Waals surface area contributed by atoms with Crippen LogP contribution in [-0.2, 0) is 11.3 Å². The second kappa shape index (κ2) is 10.1. The largest absolute Gasteiger partial charge is 0.415 e. The molecule has 164 valence electrons. The number of hydrogen-bond donors (Lipinski definition) is 1. The number of benzene rings is 2. The Kier molecular flexibility index (Phi) is 7.46. The van der Waals surface area contributed by atoms with Crippen molar-refractivity contribution in [2.24, 2.45) is 0 Å². The van der Waals surface area contributed by atoms with Crippen LogP contribution in [-0.4, -0.2) is 39.9 Å². The van der Waals surface area contributed by atoms with Gasteiger partial charge in [0.15, 0.2) is 5.75 Å². The quantitative estimate of drug-likeness (QED) is 0.455. The number of alkyl halides is 1. The number of halogens is 2. The minimum Gasteiger partial charge on any atom is -0.408 e. The van der Waals surface area contributed by atoms with Gasteiger partial charge >= 0.3 is 6.09 Å². The molecule has 0 saturated carbocycles. The van der Waals surface area contributed by atoms with E-state index in [0.717, 1.165) is 16.5 Å². The van der Waals surface area contributed by atoms with Crippen molar-refractivity contribution in [2.45, 2.75) is 32.7 Å². The van der Waals surface area contributed by atoms with E-state index >= 15 is 0 Å². The number of carbonyl (C=O) groups excluding carboxylic acids is 2. The van der Waals surface area contributed by atoms with Gasteiger partial charge in [-0.1, -0.05) is 29.8 Å². The summed E-state index contributed by atoms with van der Waals surface area (Å²) >= 11 is 12.3. The van der Waals surface area contributed by atoms with Crippen LogP contribution in [0.4, 0.5) is 10.5 Å². The highest BCUT2D eigenvalue weighted by Crippen LogP contribution is 2.35. The number of carbonyl (C=O) groups is 2. The highest BCUT2D eigenvalue weighted by molar-refractivity contribution is 6.32. The van der Waals surface area contributed by atoms with Gasteiger partial charge in [-0.25, -0.2) is 4.79 Å². The van der Waals surface area contributed by atoms with Gasteiger partial charge < -0.3 is 19.5 Å². The molecule has 0 bridgehead atoms. The van der Waals surface area contributed by atoms with E-state index in [-0.39, 0.29) is 11.7 Å². The van der Waals surface area contributed by atoms with Crippen LogP contribution in [0.25, 0.3) is 10.9 Å². The molecular formula is C23H25Cl2N3O3. The molecule has 1 heterocycles. The van der Waals surface area contributed by atoms with Crippen LogP contribution in [0.2, 0.25) is 5.02 Å². The van der Waals surface area contributed by atoms with Crippen LogP contribution in [0.5, 0.6) is 5.75 Å². The Bertz CT molecular complexity index is 1090. The number of ether oxygens (including phenoxy) is 1. The van der Waals surface area contributed by atoms with Crippen molar-refractivity contribution in [2.75, 3.05) is 18.4 Å². The zero-order chi connectivity index (χ0) is 22.5. The minimum absolute atomic E-state index is 0.269. The van der Waals surface area contributed by atoms with Crippen molar-refractivity contribution < 1.29 is 14.3 Å². The Balaban J connectivity index is 2.03. The number of nitrogens with zero attached hydrogens (tertiary/aromatic N) is 2.